The van der Waals surface area contributed by atoms with E-state index in [1.807, 2.05) is 18.2 Å². The van der Waals surface area contributed by atoms with Crippen LogP contribution in [0.3, 0.4) is 0 Å². The van der Waals surface area contributed by atoms with Crippen molar-refractivity contribution < 1.29 is 9.13 Å². The van der Waals surface area contributed by atoms with Crippen LogP contribution in [-0.4, -0.2) is 7.11 Å². The number of halogens is 2. The lowest BCUT2D eigenvalue weighted by atomic mass is 9.99. The molecular weight excluding hydrogens is 253 g/mol. The molecule has 2 aromatic carbocycles. The van der Waals surface area contributed by atoms with Crippen LogP contribution in [0.5, 0.6) is 5.75 Å². The lowest BCUT2D eigenvalue weighted by molar-refractivity contribution is 0.414. The van der Waals surface area contributed by atoms with Gasteiger partial charge in [-0.3, -0.25) is 0 Å². The topological polar surface area (TPSA) is 35.2 Å². The van der Waals surface area contributed by atoms with Crippen LogP contribution >= 0.6 is 11.6 Å². The third kappa shape index (κ3) is 2.47. The number of methoxy groups -OCH3 is 1. The molecule has 0 heterocycles. The molecule has 2 rings (SSSR count). The predicted octanol–water partition coefficient (Wildman–Crippen LogP) is 3.54. The van der Waals surface area contributed by atoms with Gasteiger partial charge in [0, 0.05) is 5.56 Å². The lowest BCUT2D eigenvalue weighted by Crippen LogP contribution is -2.13. The van der Waals surface area contributed by atoms with Crippen LogP contribution in [0.4, 0.5) is 4.39 Å². The van der Waals surface area contributed by atoms with Gasteiger partial charge >= 0.3 is 0 Å². The van der Waals surface area contributed by atoms with E-state index in [2.05, 4.69) is 0 Å². The van der Waals surface area contributed by atoms with Crippen LogP contribution < -0.4 is 10.5 Å². The van der Waals surface area contributed by atoms with Crippen LogP contribution in [0.25, 0.3) is 0 Å². The van der Waals surface area contributed by atoms with Crippen LogP contribution in [0.2, 0.25) is 5.02 Å². The van der Waals surface area contributed by atoms with Crippen molar-refractivity contribution in [2.24, 2.45) is 5.73 Å². The third-order valence-electron chi connectivity index (χ3n) is 2.77. The second-order valence-electron chi connectivity index (χ2n) is 3.90. The minimum atomic E-state index is -0.571. The zero-order valence-electron chi connectivity index (χ0n) is 9.86. The van der Waals surface area contributed by atoms with Crippen LogP contribution in [-0.2, 0) is 0 Å². The van der Waals surface area contributed by atoms with Crippen molar-refractivity contribution in [2.45, 2.75) is 6.04 Å². The molecule has 2 N–H and O–H groups in total. The summed E-state index contributed by atoms with van der Waals surface area (Å²) in [6.07, 6.45) is 0. The van der Waals surface area contributed by atoms with E-state index in [1.165, 1.54) is 6.07 Å². The number of nitrogens with two attached hydrogens (primary N) is 1. The van der Waals surface area contributed by atoms with Gasteiger partial charge in [-0.25, -0.2) is 4.39 Å². The highest BCUT2D eigenvalue weighted by molar-refractivity contribution is 6.30. The van der Waals surface area contributed by atoms with E-state index >= 15 is 0 Å². The molecule has 0 aliphatic heterocycles. The van der Waals surface area contributed by atoms with Crippen molar-refractivity contribution in [3.8, 4) is 5.75 Å². The maximum absolute atomic E-state index is 13.9. The van der Waals surface area contributed by atoms with Gasteiger partial charge in [-0.1, -0.05) is 35.9 Å². The Bertz CT molecular complexity index is 559. The summed E-state index contributed by atoms with van der Waals surface area (Å²) in [5.74, 6) is 0.208. The Labute approximate surface area is 110 Å². The van der Waals surface area contributed by atoms with E-state index in [9.17, 15) is 4.39 Å². The SMILES string of the molecule is COc1cccc(C(N)c2cccc(Cl)c2F)c1. The van der Waals surface area contributed by atoms with Crippen molar-refractivity contribution in [1.29, 1.82) is 0 Å². The molecular formula is C14H13ClFNO. The van der Waals surface area contributed by atoms with E-state index < -0.39 is 11.9 Å². The Morgan fingerprint density at radius 3 is 2.67 bits per heavy atom. The van der Waals surface area contributed by atoms with Gasteiger partial charge in [0.25, 0.3) is 0 Å². The fourth-order valence-corrected chi connectivity index (χ4v) is 1.96. The standard InChI is InChI=1S/C14H13ClFNO/c1-18-10-5-2-4-9(8-10)14(17)11-6-3-7-12(15)13(11)16/h2-8,14H,17H2,1H3. The van der Waals surface area contributed by atoms with Crippen molar-refractivity contribution in [3.63, 3.8) is 0 Å². The van der Waals surface area contributed by atoms with Crippen molar-refractivity contribution >= 4 is 11.6 Å². The second kappa shape index (κ2) is 5.38. The molecule has 0 amide bonds. The zero-order chi connectivity index (χ0) is 13.1. The van der Waals surface area contributed by atoms with Crippen LogP contribution in [0, 0.1) is 5.82 Å². The molecule has 94 valence electrons. The molecule has 0 saturated carbocycles. The fraction of sp³-hybridized carbons (Fsp3) is 0.143. The van der Waals surface area contributed by atoms with E-state index in [0.717, 1.165) is 5.56 Å². The summed E-state index contributed by atoms with van der Waals surface area (Å²) >= 11 is 5.75. The molecule has 0 aliphatic carbocycles. The third-order valence-corrected chi connectivity index (χ3v) is 3.06. The van der Waals surface area contributed by atoms with Gasteiger partial charge in [-0.2, -0.15) is 0 Å². The van der Waals surface area contributed by atoms with E-state index in [-0.39, 0.29) is 5.02 Å². The van der Waals surface area contributed by atoms with Crippen LogP contribution in [0.15, 0.2) is 42.5 Å². The summed E-state index contributed by atoms with van der Waals surface area (Å²) in [6.45, 7) is 0. The number of hydrogen-bond acceptors (Lipinski definition) is 2. The molecule has 0 spiro atoms. The van der Waals surface area contributed by atoms with E-state index in [0.29, 0.717) is 11.3 Å². The molecule has 4 heteroatoms. The number of hydrogen-bond donors (Lipinski definition) is 1. The molecule has 0 aliphatic rings. The molecule has 0 fully saturated rings. The first-order chi connectivity index (χ1) is 8.63. The van der Waals surface area contributed by atoms with Gasteiger partial charge in [0.15, 0.2) is 0 Å². The highest BCUT2D eigenvalue weighted by Crippen LogP contribution is 2.27. The average Bonchev–Trinajstić information content (AvgIpc) is 2.41. The largest absolute Gasteiger partial charge is 0.497 e. The molecule has 0 radical (unpaired) electrons. The van der Waals surface area contributed by atoms with Gasteiger partial charge in [0.2, 0.25) is 0 Å². The van der Waals surface area contributed by atoms with Gasteiger partial charge in [0.1, 0.15) is 11.6 Å². The Hall–Kier alpha value is -1.58. The van der Waals surface area contributed by atoms with Crippen molar-refractivity contribution in [3.05, 3.63) is 64.4 Å². The molecule has 1 atom stereocenters. The monoisotopic (exact) mass is 265 g/mol. The maximum atomic E-state index is 13.9. The fourth-order valence-electron chi connectivity index (χ4n) is 1.78. The molecule has 0 bridgehead atoms. The lowest BCUT2D eigenvalue weighted by Gasteiger charge is -2.14. The van der Waals surface area contributed by atoms with Gasteiger partial charge in [-0.05, 0) is 23.8 Å². The highest BCUT2D eigenvalue weighted by atomic mass is 35.5. The summed E-state index contributed by atoms with van der Waals surface area (Å²) in [7, 11) is 1.57. The first-order valence-corrected chi connectivity index (χ1v) is 5.84. The molecule has 2 aromatic rings. The van der Waals surface area contributed by atoms with Crippen molar-refractivity contribution in [2.75, 3.05) is 7.11 Å². The summed E-state index contributed by atoms with van der Waals surface area (Å²) in [5, 5.41) is 0.0749. The van der Waals surface area contributed by atoms with Crippen LogP contribution in [0.1, 0.15) is 17.2 Å². The number of benzene rings is 2. The van der Waals surface area contributed by atoms with Gasteiger partial charge in [0.05, 0.1) is 18.2 Å². The molecule has 1 unspecified atom stereocenters. The van der Waals surface area contributed by atoms with Gasteiger partial charge < -0.3 is 10.5 Å². The zero-order valence-corrected chi connectivity index (χ0v) is 10.6. The van der Waals surface area contributed by atoms with Gasteiger partial charge in [-0.15, -0.1) is 0 Å². The molecule has 18 heavy (non-hydrogen) atoms. The smallest absolute Gasteiger partial charge is 0.146 e. The molecule has 2 nitrogen and oxygen atoms in total. The number of rotatable bonds is 3. The first-order valence-electron chi connectivity index (χ1n) is 5.47. The summed E-state index contributed by atoms with van der Waals surface area (Å²) in [6, 6.07) is 11.5. The summed E-state index contributed by atoms with van der Waals surface area (Å²) < 4.78 is 19.0. The quantitative estimate of drug-likeness (QED) is 0.921. The van der Waals surface area contributed by atoms with E-state index in [4.69, 9.17) is 22.1 Å². The molecule has 0 saturated heterocycles. The Morgan fingerprint density at radius 1 is 1.22 bits per heavy atom. The minimum Gasteiger partial charge on any atom is -0.497 e. The highest BCUT2D eigenvalue weighted by Gasteiger charge is 2.15. The molecule has 0 aromatic heterocycles. The maximum Gasteiger partial charge on any atom is 0.146 e. The first kappa shape index (κ1) is 12.9. The summed E-state index contributed by atoms with van der Waals surface area (Å²) in [5.41, 5.74) is 7.20. The predicted molar refractivity (Wildman–Crippen MR) is 70.4 cm³/mol. The van der Waals surface area contributed by atoms with E-state index in [1.54, 1.807) is 25.3 Å². The Balaban J connectivity index is 2.41. The second-order valence-corrected chi connectivity index (χ2v) is 4.30. The minimum absolute atomic E-state index is 0.0749. The normalized spacial score (nSPS) is 12.2. The number of ether oxygens (including phenoxy) is 1. The Morgan fingerprint density at radius 2 is 1.94 bits per heavy atom. The Kier molecular flexibility index (Phi) is 3.84. The van der Waals surface area contributed by atoms with Crippen molar-refractivity contribution in [1.82, 2.24) is 0 Å². The average molecular weight is 266 g/mol. The summed E-state index contributed by atoms with van der Waals surface area (Å²) in [4.78, 5) is 0.